The van der Waals surface area contributed by atoms with Gasteiger partial charge in [0, 0.05) is 36.6 Å². The van der Waals surface area contributed by atoms with Gasteiger partial charge in [0.05, 0.1) is 11.1 Å². The number of anilines is 2. The number of alkyl halides is 3. The molecule has 1 heterocycles. The summed E-state index contributed by atoms with van der Waals surface area (Å²) in [5.41, 5.74) is 1.84. The topological polar surface area (TPSA) is 61.4 Å². The number of carbonyl (C=O) groups excluding carboxylic acids is 2. The molecule has 0 aromatic heterocycles. The highest BCUT2D eigenvalue weighted by molar-refractivity contribution is 6.06. The average Bonchev–Trinajstić information content (AvgIpc) is 3.37. The minimum Gasteiger partial charge on any atom is -0.371 e. The lowest BCUT2D eigenvalue weighted by molar-refractivity contribution is -0.137. The third kappa shape index (κ3) is 5.57. The summed E-state index contributed by atoms with van der Waals surface area (Å²) in [7, 11) is 0. The quantitative estimate of drug-likeness (QED) is 0.504. The van der Waals surface area contributed by atoms with E-state index in [1.54, 1.807) is 18.2 Å². The van der Waals surface area contributed by atoms with E-state index >= 15 is 0 Å². The van der Waals surface area contributed by atoms with Crippen molar-refractivity contribution in [1.82, 2.24) is 5.32 Å². The smallest absolute Gasteiger partial charge is 0.371 e. The van der Waals surface area contributed by atoms with Crippen LogP contribution in [0.25, 0.3) is 0 Å². The van der Waals surface area contributed by atoms with Gasteiger partial charge in [-0.2, -0.15) is 13.2 Å². The second-order valence-corrected chi connectivity index (χ2v) is 8.12. The molecule has 1 aliphatic heterocycles. The Morgan fingerprint density at radius 1 is 0.853 bits per heavy atom. The molecule has 2 N–H and O–H groups in total. The molecule has 1 saturated heterocycles. The summed E-state index contributed by atoms with van der Waals surface area (Å²) in [6.07, 6.45) is -2.39. The summed E-state index contributed by atoms with van der Waals surface area (Å²) in [6.45, 7) is 2.05. The number of hydrogen-bond donors (Lipinski definition) is 2. The SMILES string of the molecule is O=C(Nc1ccc(N2CCCC2)c(C(=O)NCc2ccccc2)c1)c1ccc(C(F)(F)F)cc1. The minimum atomic E-state index is -4.47. The number of nitrogens with zero attached hydrogens (tertiary/aromatic N) is 1. The summed E-state index contributed by atoms with van der Waals surface area (Å²) in [6, 6.07) is 18.6. The van der Waals surface area contributed by atoms with Crippen molar-refractivity contribution >= 4 is 23.2 Å². The number of benzene rings is 3. The Balaban J connectivity index is 1.53. The lowest BCUT2D eigenvalue weighted by atomic mass is 10.1. The van der Waals surface area contributed by atoms with Gasteiger partial charge >= 0.3 is 6.18 Å². The zero-order valence-electron chi connectivity index (χ0n) is 18.4. The fourth-order valence-corrected chi connectivity index (χ4v) is 3.92. The van der Waals surface area contributed by atoms with E-state index in [2.05, 4.69) is 15.5 Å². The van der Waals surface area contributed by atoms with Crippen LogP contribution in [0.2, 0.25) is 0 Å². The van der Waals surface area contributed by atoms with Gasteiger partial charge < -0.3 is 15.5 Å². The van der Waals surface area contributed by atoms with E-state index in [9.17, 15) is 22.8 Å². The second-order valence-electron chi connectivity index (χ2n) is 8.12. The normalized spacial score (nSPS) is 13.6. The predicted molar refractivity (Wildman–Crippen MR) is 125 cm³/mol. The van der Waals surface area contributed by atoms with Crippen LogP contribution in [0.4, 0.5) is 24.5 Å². The van der Waals surface area contributed by atoms with Crippen LogP contribution in [0, 0.1) is 0 Å². The van der Waals surface area contributed by atoms with Crippen LogP contribution in [0.5, 0.6) is 0 Å². The molecule has 4 rings (SSSR count). The Morgan fingerprint density at radius 2 is 1.53 bits per heavy atom. The Bertz CT molecular complexity index is 1160. The van der Waals surface area contributed by atoms with Crippen LogP contribution in [-0.4, -0.2) is 24.9 Å². The van der Waals surface area contributed by atoms with Crippen molar-refractivity contribution < 1.29 is 22.8 Å². The van der Waals surface area contributed by atoms with E-state index in [0.29, 0.717) is 17.8 Å². The van der Waals surface area contributed by atoms with Crippen molar-refractivity contribution in [3.8, 4) is 0 Å². The summed E-state index contributed by atoms with van der Waals surface area (Å²) < 4.78 is 38.3. The van der Waals surface area contributed by atoms with Gasteiger partial charge in [-0.05, 0) is 60.9 Å². The lowest BCUT2D eigenvalue weighted by Gasteiger charge is -2.22. The maximum Gasteiger partial charge on any atom is 0.416 e. The Morgan fingerprint density at radius 3 is 2.18 bits per heavy atom. The molecule has 1 aliphatic rings. The van der Waals surface area contributed by atoms with Crippen LogP contribution in [0.1, 0.15) is 44.7 Å². The van der Waals surface area contributed by atoms with Gasteiger partial charge in [0.2, 0.25) is 0 Å². The fourth-order valence-electron chi connectivity index (χ4n) is 3.92. The molecule has 34 heavy (non-hydrogen) atoms. The van der Waals surface area contributed by atoms with Crippen molar-refractivity contribution in [2.75, 3.05) is 23.3 Å². The van der Waals surface area contributed by atoms with E-state index in [0.717, 1.165) is 61.4 Å². The molecule has 5 nitrogen and oxygen atoms in total. The molecule has 0 bridgehead atoms. The highest BCUT2D eigenvalue weighted by Crippen LogP contribution is 2.30. The zero-order chi connectivity index (χ0) is 24.1. The first-order valence-corrected chi connectivity index (χ1v) is 11.0. The van der Waals surface area contributed by atoms with Crippen molar-refractivity contribution in [1.29, 1.82) is 0 Å². The Labute approximate surface area is 195 Å². The molecule has 0 radical (unpaired) electrons. The van der Waals surface area contributed by atoms with Crippen LogP contribution < -0.4 is 15.5 Å². The molecular weight excluding hydrogens is 443 g/mol. The first kappa shape index (κ1) is 23.4. The molecule has 3 aromatic carbocycles. The predicted octanol–water partition coefficient (Wildman–Crippen LogP) is 5.49. The second kappa shape index (κ2) is 9.99. The van der Waals surface area contributed by atoms with Crippen LogP contribution in [-0.2, 0) is 12.7 Å². The van der Waals surface area contributed by atoms with Gasteiger partial charge in [0.1, 0.15) is 0 Å². The zero-order valence-corrected chi connectivity index (χ0v) is 18.4. The number of nitrogens with one attached hydrogen (secondary N) is 2. The monoisotopic (exact) mass is 467 g/mol. The first-order valence-electron chi connectivity index (χ1n) is 11.0. The number of amides is 2. The van der Waals surface area contributed by atoms with Gasteiger partial charge in [-0.25, -0.2) is 0 Å². The van der Waals surface area contributed by atoms with Gasteiger partial charge in [-0.15, -0.1) is 0 Å². The number of halogens is 3. The minimum absolute atomic E-state index is 0.0895. The molecule has 3 aromatic rings. The number of carbonyl (C=O) groups is 2. The van der Waals surface area contributed by atoms with Crippen LogP contribution in [0.15, 0.2) is 72.8 Å². The average molecular weight is 467 g/mol. The molecule has 0 aliphatic carbocycles. The highest BCUT2D eigenvalue weighted by atomic mass is 19.4. The van der Waals surface area contributed by atoms with Crippen molar-refractivity contribution in [2.45, 2.75) is 25.6 Å². The van der Waals surface area contributed by atoms with Gasteiger partial charge in [-0.3, -0.25) is 9.59 Å². The molecule has 0 saturated carbocycles. The Hall–Kier alpha value is -3.81. The maximum atomic E-state index is 13.1. The van der Waals surface area contributed by atoms with Crippen LogP contribution in [0.3, 0.4) is 0 Å². The third-order valence-corrected chi connectivity index (χ3v) is 5.72. The third-order valence-electron chi connectivity index (χ3n) is 5.72. The molecule has 0 unspecified atom stereocenters. The highest BCUT2D eigenvalue weighted by Gasteiger charge is 2.30. The fraction of sp³-hybridized carbons (Fsp3) is 0.231. The maximum absolute atomic E-state index is 13.1. The summed E-state index contributed by atoms with van der Waals surface area (Å²) >= 11 is 0. The van der Waals surface area contributed by atoms with E-state index in [1.807, 2.05) is 30.3 Å². The molecule has 0 spiro atoms. The molecule has 0 atom stereocenters. The van der Waals surface area contributed by atoms with E-state index in [-0.39, 0.29) is 11.5 Å². The van der Waals surface area contributed by atoms with E-state index in [4.69, 9.17) is 0 Å². The van der Waals surface area contributed by atoms with Crippen molar-refractivity contribution in [3.63, 3.8) is 0 Å². The summed E-state index contributed by atoms with van der Waals surface area (Å²) in [5.74, 6) is -0.824. The van der Waals surface area contributed by atoms with Gasteiger partial charge in [0.25, 0.3) is 11.8 Å². The van der Waals surface area contributed by atoms with Gasteiger partial charge in [-0.1, -0.05) is 30.3 Å². The van der Waals surface area contributed by atoms with E-state index < -0.39 is 17.6 Å². The van der Waals surface area contributed by atoms with Crippen molar-refractivity contribution in [2.24, 2.45) is 0 Å². The first-order chi connectivity index (χ1) is 16.3. The standard InChI is InChI=1S/C26H24F3N3O2/c27-26(28,29)20-10-8-19(9-11-20)24(33)31-21-12-13-23(32-14-4-5-15-32)22(16-21)25(34)30-17-18-6-2-1-3-7-18/h1-3,6-13,16H,4-5,14-15,17H2,(H,30,34)(H,31,33). The van der Waals surface area contributed by atoms with E-state index in [1.165, 1.54) is 0 Å². The number of rotatable bonds is 6. The molecular formula is C26H24F3N3O2. The Kier molecular flexibility index (Phi) is 6.86. The number of hydrogen-bond acceptors (Lipinski definition) is 3. The largest absolute Gasteiger partial charge is 0.416 e. The van der Waals surface area contributed by atoms with Crippen LogP contribution >= 0.6 is 0 Å². The molecule has 2 amide bonds. The van der Waals surface area contributed by atoms with Gasteiger partial charge in [0.15, 0.2) is 0 Å². The summed E-state index contributed by atoms with van der Waals surface area (Å²) in [4.78, 5) is 27.8. The van der Waals surface area contributed by atoms with Crippen molar-refractivity contribution in [3.05, 3.63) is 95.1 Å². The molecule has 176 valence electrons. The lowest BCUT2D eigenvalue weighted by Crippen LogP contribution is -2.27. The molecule has 8 heteroatoms. The summed E-state index contributed by atoms with van der Waals surface area (Å²) in [5, 5.41) is 5.61. The molecule has 1 fully saturated rings.